The van der Waals surface area contributed by atoms with Crippen molar-refractivity contribution in [2.24, 2.45) is 0 Å². The maximum atomic E-state index is 13.2. The molecule has 0 amide bonds. The topological polar surface area (TPSA) is 43.1 Å². The van der Waals surface area contributed by atoms with Gasteiger partial charge in [-0.1, -0.05) is 12.8 Å². The number of benzene rings is 1. The molecule has 1 saturated carbocycles. The standard InChI is InChI=1S/C14H13FN4/c15-10-5-6-11-12(7-10)16-8-19-14(11)17-13(18-19)9-3-1-2-4-9/h5-9H,1-4H2. The summed E-state index contributed by atoms with van der Waals surface area (Å²) >= 11 is 0. The zero-order valence-electron chi connectivity index (χ0n) is 10.4. The van der Waals surface area contributed by atoms with Crippen LogP contribution in [0.15, 0.2) is 24.5 Å². The lowest BCUT2D eigenvalue weighted by molar-refractivity contribution is 0.629. The van der Waals surface area contributed by atoms with Crippen LogP contribution in [0.3, 0.4) is 0 Å². The zero-order valence-corrected chi connectivity index (χ0v) is 10.4. The third kappa shape index (κ3) is 1.69. The van der Waals surface area contributed by atoms with Gasteiger partial charge in [0.05, 0.1) is 5.52 Å². The molecule has 0 radical (unpaired) electrons. The van der Waals surface area contributed by atoms with Crippen LogP contribution in [0.4, 0.5) is 4.39 Å². The highest BCUT2D eigenvalue weighted by Gasteiger charge is 2.22. The van der Waals surface area contributed by atoms with Crippen molar-refractivity contribution >= 4 is 16.6 Å². The largest absolute Gasteiger partial charge is 0.236 e. The molecule has 0 bridgehead atoms. The van der Waals surface area contributed by atoms with Crippen LogP contribution in [-0.2, 0) is 0 Å². The van der Waals surface area contributed by atoms with Crippen LogP contribution in [0.1, 0.15) is 37.4 Å². The first-order valence-electron chi connectivity index (χ1n) is 6.62. The zero-order chi connectivity index (χ0) is 12.8. The Hall–Kier alpha value is -2.04. The number of fused-ring (bicyclic) bond motifs is 3. The summed E-state index contributed by atoms with van der Waals surface area (Å²) in [5.74, 6) is 1.09. The van der Waals surface area contributed by atoms with Crippen molar-refractivity contribution in [1.82, 2.24) is 19.6 Å². The van der Waals surface area contributed by atoms with Crippen molar-refractivity contribution in [2.75, 3.05) is 0 Å². The van der Waals surface area contributed by atoms with E-state index < -0.39 is 0 Å². The van der Waals surface area contributed by atoms with Gasteiger partial charge in [0.2, 0.25) is 0 Å². The quantitative estimate of drug-likeness (QED) is 0.672. The molecule has 0 aliphatic heterocycles. The normalized spacial score (nSPS) is 16.7. The predicted molar refractivity (Wildman–Crippen MR) is 69.5 cm³/mol. The Balaban J connectivity index is 1.94. The maximum Gasteiger partial charge on any atom is 0.166 e. The lowest BCUT2D eigenvalue weighted by atomic mass is 10.1. The monoisotopic (exact) mass is 256 g/mol. The predicted octanol–water partition coefficient (Wildman–Crippen LogP) is 3.07. The molecule has 2 heterocycles. The fourth-order valence-corrected chi connectivity index (χ4v) is 2.88. The number of halogens is 1. The summed E-state index contributed by atoms with van der Waals surface area (Å²) in [5, 5.41) is 5.36. The first-order valence-corrected chi connectivity index (χ1v) is 6.62. The van der Waals surface area contributed by atoms with Crippen molar-refractivity contribution in [3.63, 3.8) is 0 Å². The molecule has 0 N–H and O–H groups in total. The molecule has 3 aromatic rings. The lowest BCUT2D eigenvalue weighted by Crippen LogP contribution is -1.95. The molecule has 5 heteroatoms. The first kappa shape index (κ1) is 10.8. The van der Waals surface area contributed by atoms with E-state index in [1.807, 2.05) is 0 Å². The van der Waals surface area contributed by atoms with Crippen molar-refractivity contribution in [1.29, 1.82) is 0 Å². The Labute approximate surface area is 109 Å². The van der Waals surface area contributed by atoms with Gasteiger partial charge in [-0.2, -0.15) is 0 Å². The Morgan fingerprint density at radius 3 is 2.89 bits per heavy atom. The van der Waals surface area contributed by atoms with Crippen LogP contribution < -0.4 is 0 Å². The lowest BCUT2D eigenvalue weighted by Gasteiger charge is -2.00. The highest BCUT2D eigenvalue weighted by atomic mass is 19.1. The van der Waals surface area contributed by atoms with Crippen molar-refractivity contribution < 1.29 is 4.39 Å². The molecule has 96 valence electrons. The van der Waals surface area contributed by atoms with Gasteiger partial charge in [0.15, 0.2) is 11.5 Å². The van der Waals surface area contributed by atoms with Crippen molar-refractivity contribution in [3.8, 4) is 0 Å². The Kier molecular flexibility index (Phi) is 2.27. The van der Waals surface area contributed by atoms with Gasteiger partial charge in [-0.15, -0.1) is 5.10 Å². The van der Waals surface area contributed by atoms with E-state index in [9.17, 15) is 4.39 Å². The second-order valence-corrected chi connectivity index (χ2v) is 5.13. The number of hydrogen-bond acceptors (Lipinski definition) is 3. The van der Waals surface area contributed by atoms with E-state index >= 15 is 0 Å². The fraction of sp³-hybridized carbons (Fsp3) is 0.357. The van der Waals surface area contributed by atoms with Crippen LogP contribution in [0.25, 0.3) is 16.6 Å². The van der Waals surface area contributed by atoms with E-state index in [2.05, 4.69) is 15.1 Å². The van der Waals surface area contributed by atoms with E-state index in [0.717, 1.165) is 29.7 Å². The summed E-state index contributed by atoms with van der Waals surface area (Å²) in [5.41, 5.74) is 1.39. The molecule has 2 aromatic heterocycles. The molecule has 0 saturated heterocycles. The average Bonchev–Trinajstić information content (AvgIpc) is 3.06. The molecule has 1 aliphatic carbocycles. The smallest absolute Gasteiger partial charge is 0.166 e. The molecule has 4 nitrogen and oxygen atoms in total. The summed E-state index contributed by atoms with van der Waals surface area (Å²) in [6.07, 6.45) is 6.45. The molecular weight excluding hydrogens is 243 g/mol. The molecule has 0 spiro atoms. The highest BCUT2D eigenvalue weighted by Crippen LogP contribution is 2.32. The molecule has 1 aliphatic rings. The molecule has 0 unspecified atom stereocenters. The Morgan fingerprint density at radius 1 is 1.21 bits per heavy atom. The van der Waals surface area contributed by atoms with Gasteiger partial charge < -0.3 is 0 Å². The minimum absolute atomic E-state index is 0.278. The Morgan fingerprint density at radius 2 is 2.05 bits per heavy atom. The van der Waals surface area contributed by atoms with Gasteiger partial charge in [0, 0.05) is 17.4 Å². The second kappa shape index (κ2) is 3.98. The van der Waals surface area contributed by atoms with Gasteiger partial charge in [0.1, 0.15) is 12.1 Å². The minimum Gasteiger partial charge on any atom is -0.236 e. The fourth-order valence-electron chi connectivity index (χ4n) is 2.88. The number of hydrogen-bond donors (Lipinski definition) is 0. The maximum absolute atomic E-state index is 13.2. The van der Waals surface area contributed by atoms with E-state index in [1.54, 1.807) is 16.9 Å². The van der Waals surface area contributed by atoms with Gasteiger partial charge in [0.25, 0.3) is 0 Å². The summed E-state index contributed by atoms with van der Waals surface area (Å²) in [4.78, 5) is 8.87. The number of aromatic nitrogens is 4. The molecule has 0 atom stereocenters. The average molecular weight is 256 g/mol. The third-order valence-electron chi connectivity index (χ3n) is 3.87. The summed E-state index contributed by atoms with van der Waals surface area (Å²) in [6, 6.07) is 4.59. The SMILES string of the molecule is Fc1ccc2c(c1)ncn1nc(C3CCCC3)nc21. The molecule has 1 aromatic carbocycles. The molecule has 19 heavy (non-hydrogen) atoms. The van der Waals surface area contributed by atoms with Crippen LogP contribution in [0.2, 0.25) is 0 Å². The molecule has 1 fully saturated rings. The van der Waals surface area contributed by atoms with Crippen LogP contribution in [0, 0.1) is 5.82 Å². The van der Waals surface area contributed by atoms with E-state index in [-0.39, 0.29) is 5.82 Å². The minimum atomic E-state index is -0.278. The van der Waals surface area contributed by atoms with E-state index in [4.69, 9.17) is 0 Å². The second-order valence-electron chi connectivity index (χ2n) is 5.13. The van der Waals surface area contributed by atoms with E-state index in [0.29, 0.717) is 11.4 Å². The van der Waals surface area contributed by atoms with Crippen molar-refractivity contribution in [3.05, 3.63) is 36.2 Å². The van der Waals surface area contributed by atoms with Crippen LogP contribution in [-0.4, -0.2) is 19.6 Å². The summed E-state index contributed by atoms with van der Waals surface area (Å²) in [7, 11) is 0. The van der Waals surface area contributed by atoms with Crippen LogP contribution >= 0.6 is 0 Å². The Bertz CT molecular complexity index is 759. The third-order valence-corrected chi connectivity index (χ3v) is 3.87. The number of nitrogens with zero attached hydrogens (tertiary/aromatic N) is 4. The molecule has 4 rings (SSSR count). The van der Waals surface area contributed by atoms with Crippen LogP contribution in [0.5, 0.6) is 0 Å². The van der Waals surface area contributed by atoms with Gasteiger partial charge in [-0.25, -0.2) is 18.9 Å². The van der Waals surface area contributed by atoms with E-state index in [1.165, 1.54) is 25.0 Å². The highest BCUT2D eigenvalue weighted by molar-refractivity contribution is 5.90. The number of rotatable bonds is 1. The van der Waals surface area contributed by atoms with Gasteiger partial charge in [-0.05, 0) is 25.0 Å². The first-order chi connectivity index (χ1) is 9.31. The summed E-state index contributed by atoms with van der Waals surface area (Å²) < 4.78 is 14.9. The van der Waals surface area contributed by atoms with Crippen molar-refractivity contribution in [2.45, 2.75) is 31.6 Å². The van der Waals surface area contributed by atoms with Gasteiger partial charge in [-0.3, -0.25) is 0 Å². The molecular formula is C14H13FN4. The summed E-state index contributed by atoms with van der Waals surface area (Å²) in [6.45, 7) is 0. The van der Waals surface area contributed by atoms with Gasteiger partial charge >= 0.3 is 0 Å².